The maximum absolute atomic E-state index is 13.0. The summed E-state index contributed by atoms with van der Waals surface area (Å²) in [4.78, 5) is 5.98. The predicted octanol–water partition coefficient (Wildman–Crippen LogP) is 4.46. The summed E-state index contributed by atoms with van der Waals surface area (Å²) in [5.41, 5.74) is 3.75. The topological polar surface area (TPSA) is 63.9 Å². The van der Waals surface area contributed by atoms with Gasteiger partial charge in [-0.05, 0) is 42.0 Å². The smallest absolute Gasteiger partial charge is 0.243 e. The molecular formula is C25H23N3O3S2. The number of hydrogen-bond donors (Lipinski definition) is 0. The van der Waals surface area contributed by atoms with E-state index in [4.69, 9.17) is 9.73 Å². The molecular weight excluding hydrogens is 454 g/mol. The van der Waals surface area contributed by atoms with Gasteiger partial charge in [-0.2, -0.15) is 4.31 Å². The maximum atomic E-state index is 13.0. The SMILES string of the molecule is O=S(=O)(c1ccc(-c2csc(=Nc3ccccc3)n2-c2ccccc2)cc1)N1CCOCC1. The monoisotopic (exact) mass is 477 g/mol. The largest absolute Gasteiger partial charge is 0.379 e. The van der Waals surface area contributed by atoms with E-state index in [1.165, 1.54) is 4.31 Å². The number of thiazole rings is 1. The summed E-state index contributed by atoms with van der Waals surface area (Å²) in [6, 6.07) is 27.0. The maximum Gasteiger partial charge on any atom is 0.243 e. The Labute approximate surface area is 197 Å². The van der Waals surface area contributed by atoms with Crippen LogP contribution in [0.4, 0.5) is 5.69 Å². The lowest BCUT2D eigenvalue weighted by Gasteiger charge is -2.26. The van der Waals surface area contributed by atoms with Crippen LogP contribution in [0.5, 0.6) is 0 Å². The van der Waals surface area contributed by atoms with E-state index in [9.17, 15) is 8.42 Å². The lowest BCUT2D eigenvalue weighted by Crippen LogP contribution is -2.40. The molecule has 0 atom stereocenters. The normalized spacial score (nSPS) is 15.6. The Kier molecular flexibility index (Phi) is 6.24. The van der Waals surface area contributed by atoms with Crippen LogP contribution in [0.25, 0.3) is 16.9 Å². The molecule has 168 valence electrons. The second-order valence-corrected chi connectivity index (χ2v) is 10.3. The minimum atomic E-state index is -3.53. The second-order valence-electron chi connectivity index (χ2n) is 7.56. The van der Waals surface area contributed by atoms with Crippen molar-refractivity contribution < 1.29 is 13.2 Å². The molecule has 1 aliphatic rings. The molecule has 0 aliphatic carbocycles. The van der Waals surface area contributed by atoms with Crippen molar-refractivity contribution in [2.75, 3.05) is 26.3 Å². The average molecular weight is 478 g/mol. The number of rotatable bonds is 5. The standard InChI is InChI=1S/C25H23N3O3S2/c29-33(30,27-15-17-31-18-16-27)23-13-11-20(12-14-23)24-19-32-25(26-21-7-3-1-4-8-21)28(24)22-9-5-2-6-10-22/h1-14,19H,15-18H2. The van der Waals surface area contributed by atoms with Gasteiger partial charge in [0.15, 0.2) is 4.80 Å². The van der Waals surface area contributed by atoms with Gasteiger partial charge in [-0.1, -0.05) is 48.5 Å². The van der Waals surface area contributed by atoms with Crippen molar-refractivity contribution in [1.82, 2.24) is 8.87 Å². The molecule has 0 N–H and O–H groups in total. The summed E-state index contributed by atoms with van der Waals surface area (Å²) in [6.45, 7) is 1.62. The molecule has 1 fully saturated rings. The highest BCUT2D eigenvalue weighted by Gasteiger charge is 2.26. The van der Waals surface area contributed by atoms with Crippen molar-refractivity contribution in [1.29, 1.82) is 0 Å². The Bertz CT molecular complexity index is 1390. The summed E-state index contributed by atoms with van der Waals surface area (Å²) >= 11 is 1.55. The summed E-state index contributed by atoms with van der Waals surface area (Å²) in [5.74, 6) is 0. The van der Waals surface area contributed by atoms with Gasteiger partial charge < -0.3 is 4.74 Å². The molecule has 33 heavy (non-hydrogen) atoms. The van der Waals surface area contributed by atoms with Crippen LogP contribution in [0.2, 0.25) is 0 Å². The highest BCUT2D eigenvalue weighted by molar-refractivity contribution is 7.89. The van der Waals surface area contributed by atoms with Gasteiger partial charge in [0.2, 0.25) is 10.0 Å². The number of hydrogen-bond acceptors (Lipinski definition) is 5. The molecule has 0 bridgehead atoms. The third-order valence-electron chi connectivity index (χ3n) is 5.46. The van der Waals surface area contributed by atoms with Crippen molar-refractivity contribution in [3.05, 3.63) is 95.1 Å². The van der Waals surface area contributed by atoms with Crippen molar-refractivity contribution in [3.63, 3.8) is 0 Å². The van der Waals surface area contributed by atoms with E-state index >= 15 is 0 Å². The fourth-order valence-corrected chi connectivity index (χ4v) is 6.10. The van der Waals surface area contributed by atoms with Gasteiger partial charge in [-0.3, -0.25) is 4.57 Å². The number of nitrogens with zero attached hydrogens (tertiary/aromatic N) is 3. The number of sulfonamides is 1. The van der Waals surface area contributed by atoms with Gasteiger partial charge in [-0.15, -0.1) is 11.3 Å². The summed E-state index contributed by atoms with van der Waals surface area (Å²) < 4.78 is 34.8. The molecule has 4 aromatic rings. The molecule has 3 aromatic carbocycles. The molecule has 8 heteroatoms. The van der Waals surface area contributed by atoms with E-state index in [-0.39, 0.29) is 0 Å². The minimum Gasteiger partial charge on any atom is -0.379 e. The van der Waals surface area contributed by atoms with Gasteiger partial charge in [0, 0.05) is 24.2 Å². The zero-order valence-corrected chi connectivity index (χ0v) is 19.5. The number of morpholine rings is 1. The molecule has 6 nitrogen and oxygen atoms in total. The third-order valence-corrected chi connectivity index (χ3v) is 8.20. The molecule has 1 aliphatic heterocycles. The molecule has 0 spiro atoms. The third kappa shape index (κ3) is 4.56. The number of para-hydroxylation sites is 2. The Balaban J connectivity index is 1.57. The summed E-state index contributed by atoms with van der Waals surface area (Å²) in [7, 11) is -3.53. The van der Waals surface area contributed by atoms with E-state index in [0.717, 1.165) is 27.4 Å². The highest BCUT2D eigenvalue weighted by Crippen LogP contribution is 2.26. The first-order chi connectivity index (χ1) is 16.1. The number of benzene rings is 3. The van der Waals surface area contributed by atoms with E-state index in [1.54, 1.807) is 23.5 Å². The fourth-order valence-electron chi connectivity index (χ4n) is 3.76. The molecule has 0 amide bonds. The molecule has 5 rings (SSSR count). The Hall–Kier alpha value is -3.04. The second kappa shape index (κ2) is 9.44. The molecule has 1 saturated heterocycles. The molecule has 0 saturated carbocycles. The molecule has 1 aromatic heterocycles. The van der Waals surface area contributed by atoms with E-state index in [0.29, 0.717) is 31.2 Å². The summed E-state index contributed by atoms with van der Waals surface area (Å²) in [6.07, 6.45) is 0. The van der Waals surface area contributed by atoms with Crippen LogP contribution >= 0.6 is 11.3 Å². The molecule has 0 radical (unpaired) electrons. The number of aromatic nitrogens is 1. The highest BCUT2D eigenvalue weighted by atomic mass is 32.2. The van der Waals surface area contributed by atoms with Gasteiger partial charge in [0.1, 0.15) is 0 Å². The first kappa shape index (κ1) is 21.8. The van der Waals surface area contributed by atoms with Crippen molar-refractivity contribution >= 4 is 27.0 Å². The van der Waals surface area contributed by atoms with Crippen LogP contribution < -0.4 is 4.80 Å². The van der Waals surface area contributed by atoms with Gasteiger partial charge in [0.05, 0.1) is 29.5 Å². The lowest BCUT2D eigenvalue weighted by atomic mass is 10.1. The van der Waals surface area contributed by atoms with Gasteiger partial charge in [-0.25, -0.2) is 13.4 Å². The van der Waals surface area contributed by atoms with E-state index in [1.807, 2.05) is 72.8 Å². The first-order valence-electron chi connectivity index (χ1n) is 10.7. The van der Waals surface area contributed by atoms with Crippen LogP contribution in [0.3, 0.4) is 0 Å². The lowest BCUT2D eigenvalue weighted by molar-refractivity contribution is 0.0730. The zero-order chi connectivity index (χ0) is 22.7. The fraction of sp³-hybridized carbons (Fsp3) is 0.160. The van der Waals surface area contributed by atoms with Crippen molar-refractivity contribution in [3.8, 4) is 16.9 Å². The van der Waals surface area contributed by atoms with Crippen LogP contribution in [0, 0.1) is 0 Å². The summed E-state index contributed by atoms with van der Waals surface area (Å²) in [5, 5.41) is 2.06. The zero-order valence-electron chi connectivity index (χ0n) is 17.9. The first-order valence-corrected chi connectivity index (χ1v) is 13.0. The predicted molar refractivity (Wildman–Crippen MR) is 130 cm³/mol. The average Bonchev–Trinajstić information content (AvgIpc) is 3.29. The van der Waals surface area contributed by atoms with Crippen LogP contribution in [0.15, 0.2) is 100 Å². The van der Waals surface area contributed by atoms with Crippen LogP contribution in [0.1, 0.15) is 0 Å². The van der Waals surface area contributed by atoms with Gasteiger partial charge in [0.25, 0.3) is 0 Å². The van der Waals surface area contributed by atoms with Crippen molar-refractivity contribution in [2.24, 2.45) is 4.99 Å². The molecule has 0 unspecified atom stereocenters. The Morgan fingerprint density at radius 2 is 1.45 bits per heavy atom. The van der Waals surface area contributed by atoms with E-state index in [2.05, 4.69) is 9.95 Å². The van der Waals surface area contributed by atoms with Crippen LogP contribution in [-0.4, -0.2) is 43.6 Å². The van der Waals surface area contributed by atoms with Crippen molar-refractivity contribution in [2.45, 2.75) is 4.90 Å². The van der Waals surface area contributed by atoms with Gasteiger partial charge >= 0.3 is 0 Å². The van der Waals surface area contributed by atoms with E-state index < -0.39 is 10.0 Å². The quantitative estimate of drug-likeness (QED) is 0.426. The van der Waals surface area contributed by atoms with Crippen LogP contribution in [-0.2, 0) is 14.8 Å². The minimum absolute atomic E-state index is 0.295. The number of ether oxygens (including phenoxy) is 1. The Morgan fingerprint density at radius 1 is 0.818 bits per heavy atom. The Morgan fingerprint density at radius 3 is 2.12 bits per heavy atom. The molecule has 2 heterocycles.